The molecule has 0 saturated heterocycles. The van der Waals surface area contributed by atoms with Gasteiger partial charge in [0, 0.05) is 31.7 Å². The topological polar surface area (TPSA) is 42.0 Å². The largest absolute Gasteiger partial charge is 0.493 e. The molecule has 2 aliphatic heterocycles. The van der Waals surface area contributed by atoms with Crippen molar-refractivity contribution >= 4 is 5.91 Å². The van der Waals surface area contributed by atoms with Crippen molar-refractivity contribution in [1.29, 1.82) is 0 Å². The van der Waals surface area contributed by atoms with Gasteiger partial charge in [0.2, 0.25) is 5.91 Å². The van der Waals surface area contributed by atoms with Gasteiger partial charge >= 0.3 is 0 Å². The maximum atomic E-state index is 14.5. The normalized spacial score (nSPS) is 17.6. The second kappa shape index (κ2) is 9.47. The zero-order chi connectivity index (χ0) is 23.7. The lowest BCUT2D eigenvalue weighted by Gasteiger charge is -2.40. The monoisotopic (exact) mass is 460 g/mol. The highest BCUT2D eigenvalue weighted by atomic mass is 19.1. The van der Waals surface area contributed by atoms with Crippen LogP contribution >= 0.6 is 0 Å². The number of benzene rings is 3. The van der Waals surface area contributed by atoms with Crippen LogP contribution in [0, 0.1) is 5.82 Å². The Kier molecular flexibility index (Phi) is 6.24. The Hall–Kier alpha value is -3.38. The molecule has 0 spiro atoms. The maximum absolute atomic E-state index is 14.5. The summed E-state index contributed by atoms with van der Waals surface area (Å²) in [5.41, 5.74) is 5.26. The van der Waals surface area contributed by atoms with Gasteiger partial charge in [-0.25, -0.2) is 4.39 Å². The van der Waals surface area contributed by atoms with Gasteiger partial charge in [0.1, 0.15) is 5.82 Å². The van der Waals surface area contributed by atoms with E-state index in [4.69, 9.17) is 9.47 Å². The number of carbonyl (C=O) groups excluding carboxylic acids is 1. The molecule has 5 rings (SSSR count). The lowest BCUT2D eigenvalue weighted by Crippen LogP contribution is -2.52. The molecule has 0 aromatic heterocycles. The van der Waals surface area contributed by atoms with Gasteiger partial charge in [-0.3, -0.25) is 9.69 Å². The Balaban J connectivity index is 1.42. The number of carbonyl (C=O) groups is 1. The number of rotatable bonds is 5. The fourth-order valence-electron chi connectivity index (χ4n) is 5.11. The number of methoxy groups -OCH3 is 2. The number of hydrogen-bond donors (Lipinski definition) is 0. The number of halogens is 1. The summed E-state index contributed by atoms with van der Waals surface area (Å²) in [4.78, 5) is 17.9. The smallest absolute Gasteiger partial charge is 0.240 e. The molecule has 0 fully saturated rings. The van der Waals surface area contributed by atoms with E-state index in [0.29, 0.717) is 49.7 Å². The van der Waals surface area contributed by atoms with Crippen LogP contribution in [0.5, 0.6) is 11.5 Å². The van der Waals surface area contributed by atoms with E-state index in [9.17, 15) is 9.18 Å². The summed E-state index contributed by atoms with van der Waals surface area (Å²) in [6.45, 7) is 2.19. The molecular formula is C28H29FN2O3. The maximum Gasteiger partial charge on any atom is 0.240 e. The number of ether oxygens (including phenoxy) is 2. The minimum Gasteiger partial charge on any atom is -0.493 e. The Morgan fingerprint density at radius 3 is 2.32 bits per heavy atom. The van der Waals surface area contributed by atoms with E-state index >= 15 is 0 Å². The molecule has 0 N–H and O–H groups in total. The summed E-state index contributed by atoms with van der Waals surface area (Å²) in [5, 5.41) is 0. The van der Waals surface area contributed by atoms with Crippen LogP contribution in [0.1, 0.15) is 27.8 Å². The average molecular weight is 461 g/mol. The van der Waals surface area contributed by atoms with Crippen LogP contribution in [-0.4, -0.2) is 42.5 Å². The van der Waals surface area contributed by atoms with Crippen LogP contribution in [0.3, 0.4) is 0 Å². The third-order valence-electron chi connectivity index (χ3n) is 6.99. The van der Waals surface area contributed by atoms with Gasteiger partial charge in [-0.1, -0.05) is 42.5 Å². The first-order valence-corrected chi connectivity index (χ1v) is 11.6. The SMILES string of the molecule is COc1cc2c(cc1OC)CN(C(=O)C1Cc3ccccc3CN1Cc1ccccc1F)CC2. The molecule has 6 heteroatoms. The summed E-state index contributed by atoms with van der Waals surface area (Å²) in [6.07, 6.45) is 1.39. The van der Waals surface area contributed by atoms with Crippen molar-refractivity contribution in [3.05, 3.63) is 94.3 Å². The molecule has 5 nitrogen and oxygen atoms in total. The minimum absolute atomic E-state index is 0.0891. The van der Waals surface area contributed by atoms with Crippen LogP contribution in [0.2, 0.25) is 0 Å². The van der Waals surface area contributed by atoms with Gasteiger partial charge in [-0.15, -0.1) is 0 Å². The van der Waals surface area contributed by atoms with Gasteiger partial charge in [0.15, 0.2) is 11.5 Å². The summed E-state index contributed by atoms with van der Waals surface area (Å²) in [6, 6.07) is 18.7. The minimum atomic E-state index is -0.337. The van der Waals surface area contributed by atoms with E-state index in [-0.39, 0.29) is 17.8 Å². The Morgan fingerprint density at radius 2 is 1.59 bits per heavy atom. The third-order valence-corrected chi connectivity index (χ3v) is 6.99. The van der Waals surface area contributed by atoms with Crippen LogP contribution in [0.15, 0.2) is 60.7 Å². The quantitative estimate of drug-likeness (QED) is 0.568. The molecule has 0 aliphatic carbocycles. The van der Waals surface area contributed by atoms with E-state index in [0.717, 1.165) is 12.0 Å². The molecule has 34 heavy (non-hydrogen) atoms. The fraction of sp³-hybridized carbons (Fsp3) is 0.321. The summed E-state index contributed by atoms with van der Waals surface area (Å²) < 4.78 is 25.4. The molecule has 3 aromatic rings. The molecule has 1 atom stereocenters. The molecule has 176 valence electrons. The van der Waals surface area contributed by atoms with Crippen LogP contribution < -0.4 is 9.47 Å². The molecular weight excluding hydrogens is 431 g/mol. The summed E-state index contributed by atoms with van der Waals surface area (Å²) in [5.74, 6) is 1.23. The van der Waals surface area contributed by atoms with Crippen molar-refractivity contribution in [2.45, 2.75) is 38.5 Å². The van der Waals surface area contributed by atoms with E-state index in [2.05, 4.69) is 17.0 Å². The first-order valence-electron chi connectivity index (χ1n) is 11.6. The second-order valence-corrected chi connectivity index (χ2v) is 8.97. The molecule has 2 aliphatic rings. The van der Waals surface area contributed by atoms with E-state index in [1.54, 1.807) is 26.4 Å². The highest BCUT2D eigenvalue weighted by Crippen LogP contribution is 2.34. The van der Waals surface area contributed by atoms with Gasteiger partial charge in [0.05, 0.1) is 20.3 Å². The lowest BCUT2D eigenvalue weighted by molar-refractivity contribution is -0.139. The van der Waals surface area contributed by atoms with Crippen molar-refractivity contribution in [1.82, 2.24) is 9.80 Å². The zero-order valence-electron chi connectivity index (χ0n) is 19.6. The number of fused-ring (bicyclic) bond motifs is 2. The molecule has 1 unspecified atom stereocenters. The summed E-state index contributed by atoms with van der Waals surface area (Å²) in [7, 11) is 3.25. The van der Waals surface area contributed by atoms with E-state index in [1.807, 2.05) is 35.2 Å². The predicted molar refractivity (Wildman–Crippen MR) is 128 cm³/mol. The van der Waals surface area contributed by atoms with Crippen molar-refractivity contribution in [2.24, 2.45) is 0 Å². The molecule has 2 heterocycles. The van der Waals surface area contributed by atoms with E-state index in [1.165, 1.54) is 22.8 Å². The number of hydrogen-bond acceptors (Lipinski definition) is 4. The van der Waals surface area contributed by atoms with Gasteiger partial charge in [0.25, 0.3) is 0 Å². The number of amides is 1. The average Bonchev–Trinajstić information content (AvgIpc) is 2.88. The molecule has 3 aromatic carbocycles. The first-order chi connectivity index (χ1) is 16.6. The van der Waals surface area contributed by atoms with Crippen molar-refractivity contribution in [3.8, 4) is 11.5 Å². The van der Waals surface area contributed by atoms with Crippen LogP contribution in [0.4, 0.5) is 4.39 Å². The van der Waals surface area contributed by atoms with E-state index < -0.39 is 0 Å². The lowest BCUT2D eigenvalue weighted by atomic mass is 9.91. The van der Waals surface area contributed by atoms with Gasteiger partial charge in [-0.2, -0.15) is 0 Å². The van der Waals surface area contributed by atoms with Crippen molar-refractivity contribution in [3.63, 3.8) is 0 Å². The molecule has 0 saturated carbocycles. The first kappa shape index (κ1) is 22.4. The van der Waals surface area contributed by atoms with Crippen LogP contribution in [0.25, 0.3) is 0 Å². The van der Waals surface area contributed by atoms with Gasteiger partial charge < -0.3 is 14.4 Å². The second-order valence-electron chi connectivity index (χ2n) is 8.97. The molecule has 0 radical (unpaired) electrons. The third kappa shape index (κ3) is 4.26. The zero-order valence-corrected chi connectivity index (χ0v) is 19.6. The van der Waals surface area contributed by atoms with Crippen molar-refractivity contribution in [2.75, 3.05) is 20.8 Å². The van der Waals surface area contributed by atoms with Crippen LogP contribution in [-0.2, 0) is 37.3 Å². The molecule has 0 bridgehead atoms. The Bertz CT molecular complexity index is 1210. The van der Waals surface area contributed by atoms with Crippen molar-refractivity contribution < 1.29 is 18.7 Å². The summed E-state index contributed by atoms with van der Waals surface area (Å²) >= 11 is 0. The Labute approximate surface area is 199 Å². The van der Waals surface area contributed by atoms with Gasteiger partial charge in [-0.05, 0) is 53.3 Å². The fourth-order valence-corrected chi connectivity index (χ4v) is 5.11. The highest BCUT2D eigenvalue weighted by molar-refractivity contribution is 5.83. The number of nitrogens with zero attached hydrogens (tertiary/aromatic N) is 2. The molecule has 1 amide bonds. The standard InChI is InChI=1S/C28H29FN2O3/c1-33-26-14-20-11-12-30(18-23(20)15-27(26)34-2)28(32)25-13-19-7-3-4-8-21(19)16-31(25)17-22-9-5-6-10-24(22)29/h3-10,14-15,25H,11-13,16-18H2,1-2H3. The predicted octanol–water partition coefficient (Wildman–Crippen LogP) is 4.35. The highest BCUT2D eigenvalue weighted by Gasteiger charge is 2.35. The Morgan fingerprint density at radius 1 is 0.912 bits per heavy atom.